The number of alkyl halides is 10. The van der Waals surface area contributed by atoms with E-state index in [4.69, 9.17) is 0 Å². The Kier molecular flexibility index (Phi) is 45.8. The van der Waals surface area contributed by atoms with Gasteiger partial charge >= 0.3 is 12.4 Å². The van der Waals surface area contributed by atoms with Gasteiger partial charge in [-0.2, -0.15) is 26.3 Å². The van der Waals surface area contributed by atoms with Crippen molar-refractivity contribution in [2.24, 2.45) is 130 Å². The summed E-state index contributed by atoms with van der Waals surface area (Å²) in [5, 5.41) is 0. The van der Waals surface area contributed by atoms with Crippen molar-refractivity contribution < 1.29 is 43.9 Å². The summed E-state index contributed by atoms with van der Waals surface area (Å²) in [5.74, 6) is 8.91. The van der Waals surface area contributed by atoms with Gasteiger partial charge in [-0.1, -0.05) is 239 Å². The van der Waals surface area contributed by atoms with E-state index in [-0.39, 0.29) is 23.7 Å². The molecule has 10 heteroatoms. The van der Waals surface area contributed by atoms with Crippen LogP contribution in [-0.2, 0) is 0 Å². The van der Waals surface area contributed by atoms with Crippen LogP contribution in [0.15, 0.2) is 0 Å². The molecule has 8 atom stereocenters. The zero-order chi connectivity index (χ0) is 60.9. The molecule has 0 aromatic heterocycles. The topological polar surface area (TPSA) is 0 Å². The number of halogens is 10. The third-order valence-corrected chi connectivity index (χ3v) is 18.4. The zero-order valence-corrected chi connectivity index (χ0v) is 54.6. The van der Waals surface area contributed by atoms with Gasteiger partial charge in [-0.15, -0.1) is 0 Å². The van der Waals surface area contributed by atoms with Crippen LogP contribution < -0.4 is 0 Å². The highest BCUT2D eigenvalue weighted by Crippen LogP contribution is 2.41. The van der Waals surface area contributed by atoms with Crippen LogP contribution in [0.1, 0.15) is 265 Å². The van der Waals surface area contributed by atoms with Crippen LogP contribution in [0.3, 0.4) is 0 Å². The first-order chi connectivity index (χ1) is 33.6. The van der Waals surface area contributed by atoms with Crippen molar-refractivity contribution in [3.05, 3.63) is 0 Å². The van der Waals surface area contributed by atoms with E-state index in [1.54, 1.807) is 69.2 Å². The molecule has 4 fully saturated rings. The first kappa shape index (κ1) is 83.1. The molecule has 0 aliphatic heterocycles. The minimum Gasteiger partial charge on any atom is -0.210 e. The highest BCUT2D eigenvalue weighted by molar-refractivity contribution is 4.81. The molecule has 0 amide bonds. The van der Waals surface area contributed by atoms with Crippen LogP contribution in [0.4, 0.5) is 43.9 Å². The maximum Gasteiger partial charge on any atom is 0.391 e. The molecule has 4 aliphatic rings. The first-order valence-electron chi connectivity index (χ1n) is 30.3. The summed E-state index contributed by atoms with van der Waals surface area (Å²) in [6, 6.07) is 0. The van der Waals surface area contributed by atoms with Gasteiger partial charge in [0.1, 0.15) is 0 Å². The standard InChI is InChI=1S/2C9H18.2C8H16.C7H16.2C6H11F3.2C6H12F2/c2*1-7(2)8(3)9-5-4-6-9;2*1-6(2)7(3)8-4-5-8;1-6(2)7(3,4)5;2*1-4(2)5(3)6(7,8)9;2*1-4(2)5(3)6(7)8/h2*7-9H,4-6H2,1-3H3;2*6-8H,4-5H2,1-3H3;6H,1-5H3;2*4-5H,1-3H3;2*4-6H,1-3H3/t2*8-;2*7-;;4*5-/m1010.1010/s1. The quantitative estimate of drug-likeness (QED) is 0.152. The highest BCUT2D eigenvalue weighted by Gasteiger charge is 2.38. The summed E-state index contributed by atoms with van der Waals surface area (Å²) in [7, 11) is 0. The largest absolute Gasteiger partial charge is 0.391 e. The first-order valence-corrected chi connectivity index (χ1v) is 30.3. The van der Waals surface area contributed by atoms with E-state index in [0.717, 1.165) is 76.9 Å². The fourth-order valence-electron chi connectivity index (χ4n) is 6.69. The molecular formula is C65H130F10. The van der Waals surface area contributed by atoms with Crippen LogP contribution >= 0.6 is 0 Å². The molecule has 0 nitrogen and oxygen atoms in total. The van der Waals surface area contributed by atoms with Gasteiger partial charge in [-0.3, -0.25) is 0 Å². The third-order valence-electron chi connectivity index (χ3n) is 18.4. The molecule has 0 N–H and O–H groups in total. The van der Waals surface area contributed by atoms with Crippen molar-refractivity contribution in [1.82, 2.24) is 0 Å². The number of hydrogen-bond donors (Lipinski definition) is 0. The van der Waals surface area contributed by atoms with Crippen LogP contribution in [-0.4, -0.2) is 25.2 Å². The summed E-state index contributed by atoms with van der Waals surface area (Å²) >= 11 is 0. The van der Waals surface area contributed by atoms with Gasteiger partial charge in [0.2, 0.25) is 12.9 Å². The highest BCUT2D eigenvalue weighted by atomic mass is 19.4. The van der Waals surface area contributed by atoms with Crippen molar-refractivity contribution in [2.75, 3.05) is 0 Å². The Morgan fingerprint density at radius 2 is 0.453 bits per heavy atom. The van der Waals surface area contributed by atoms with Gasteiger partial charge in [0, 0.05) is 11.8 Å². The molecule has 75 heavy (non-hydrogen) atoms. The average Bonchev–Trinajstić information content (AvgIpc) is 4.16. The lowest BCUT2D eigenvalue weighted by Gasteiger charge is -2.33. The Hall–Kier alpha value is -0.700. The third kappa shape index (κ3) is 44.7. The maximum absolute atomic E-state index is 11.7. The molecule has 0 spiro atoms. The van der Waals surface area contributed by atoms with Crippen LogP contribution in [0.5, 0.6) is 0 Å². The zero-order valence-electron chi connectivity index (χ0n) is 54.6. The van der Waals surface area contributed by atoms with Gasteiger partial charge in [0.15, 0.2) is 0 Å². The van der Waals surface area contributed by atoms with E-state index in [0.29, 0.717) is 5.41 Å². The second-order valence-electron chi connectivity index (χ2n) is 28.0. The summed E-state index contributed by atoms with van der Waals surface area (Å²) < 4.78 is 117. The summed E-state index contributed by atoms with van der Waals surface area (Å²) in [4.78, 5) is 0. The van der Waals surface area contributed by atoms with Crippen molar-refractivity contribution in [3.63, 3.8) is 0 Å². The SMILES string of the molecule is CC(C)C(C)(C)C.CC(C)[C@@H](C)C(F)(F)F.CC(C)[C@@H](C)C(F)F.CC(C)[C@@H](C)C1CC1.CC(C)[C@@H](C)C1CCC1.CC(C)[C@H](C)C(F)(F)F.CC(C)[C@H](C)C(F)F.CC(C)[C@H](C)C1CC1.CC(C)[C@H](C)C1CCC1. The lowest BCUT2D eigenvalue weighted by molar-refractivity contribution is -0.180. The maximum atomic E-state index is 11.7. The van der Waals surface area contributed by atoms with Crippen molar-refractivity contribution in [1.29, 1.82) is 0 Å². The molecule has 460 valence electrons. The second-order valence-corrected chi connectivity index (χ2v) is 28.0. The van der Waals surface area contributed by atoms with Crippen LogP contribution in [0, 0.1) is 130 Å². The smallest absolute Gasteiger partial charge is 0.210 e. The molecule has 0 saturated heterocycles. The summed E-state index contributed by atoms with van der Waals surface area (Å²) in [6.45, 7) is 58.5. The molecule has 0 aromatic rings. The molecule has 0 unspecified atom stereocenters. The molecule has 0 radical (unpaired) electrons. The Morgan fingerprint density at radius 1 is 0.280 bits per heavy atom. The molecular weight excluding hydrogens is 971 g/mol. The minimum absolute atomic E-state index is 0.0926. The van der Waals surface area contributed by atoms with Crippen LogP contribution in [0.25, 0.3) is 0 Å². The van der Waals surface area contributed by atoms with Crippen molar-refractivity contribution >= 4 is 0 Å². The number of hydrogen-bond acceptors (Lipinski definition) is 0. The van der Waals surface area contributed by atoms with E-state index < -0.39 is 48.9 Å². The van der Waals surface area contributed by atoms with Gasteiger partial charge in [0.05, 0.1) is 11.8 Å². The monoisotopic (exact) mass is 1100 g/mol. The van der Waals surface area contributed by atoms with Crippen molar-refractivity contribution in [2.45, 2.75) is 290 Å². The summed E-state index contributed by atoms with van der Waals surface area (Å²) in [6.07, 6.45) is 2.62. The van der Waals surface area contributed by atoms with E-state index >= 15 is 0 Å². The lowest BCUT2D eigenvalue weighted by Crippen LogP contribution is -2.24. The van der Waals surface area contributed by atoms with Crippen molar-refractivity contribution in [3.8, 4) is 0 Å². The molecule has 4 aliphatic carbocycles. The second kappa shape index (κ2) is 41.3. The van der Waals surface area contributed by atoms with Gasteiger partial charge in [0.25, 0.3) is 0 Å². The predicted molar refractivity (Wildman–Crippen MR) is 311 cm³/mol. The Morgan fingerprint density at radius 3 is 0.480 bits per heavy atom. The van der Waals surface area contributed by atoms with Gasteiger partial charge in [-0.05, 0) is 132 Å². The van der Waals surface area contributed by atoms with E-state index in [1.807, 2.05) is 0 Å². The van der Waals surface area contributed by atoms with Crippen LogP contribution in [0.2, 0.25) is 0 Å². The van der Waals surface area contributed by atoms with E-state index in [9.17, 15) is 43.9 Å². The Labute approximate surface area is 462 Å². The molecule has 0 bridgehead atoms. The van der Waals surface area contributed by atoms with E-state index in [2.05, 4.69) is 118 Å². The Balaban J connectivity index is -0.000000245. The van der Waals surface area contributed by atoms with E-state index in [1.165, 1.54) is 78.1 Å². The summed E-state index contributed by atoms with van der Waals surface area (Å²) in [5.41, 5.74) is 0.500. The molecule has 4 saturated carbocycles. The average molecular weight is 1100 g/mol. The van der Waals surface area contributed by atoms with Gasteiger partial charge in [-0.25, -0.2) is 17.6 Å². The minimum atomic E-state index is -4.02. The lowest BCUT2D eigenvalue weighted by atomic mass is 9.72. The molecule has 0 heterocycles. The molecule has 4 rings (SSSR count). The molecule has 0 aromatic carbocycles. The normalized spacial score (nSPS) is 19.3. The van der Waals surface area contributed by atoms with Gasteiger partial charge < -0.3 is 0 Å². The fraction of sp³-hybridized carbons (Fsp3) is 1.00. The number of rotatable bonds is 14. The predicted octanol–water partition coefficient (Wildman–Crippen LogP) is 25.0. The Bertz CT molecular complexity index is 1120. The fourth-order valence-corrected chi connectivity index (χ4v) is 6.69.